The topological polar surface area (TPSA) is 101 Å². The number of aryl methyl sites for hydroxylation is 1. The molecule has 0 aliphatic carbocycles. The first kappa shape index (κ1) is 17.8. The molecule has 4 rings (SSSR count). The number of aromatic nitrogens is 3. The lowest BCUT2D eigenvalue weighted by Gasteiger charge is -2.20. The van der Waals surface area contributed by atoms with Crippen molar-refractivity contribution < 1.29 is 14.0 Å². The van der Waals surface area contributed by atoms with Gasteiger partial charge in [0.1, 0.15) is 11.9 Å². The molecular weight excluding hydrogens is 358 g/mol. The molecule has 0 bridgehead atoms. The molecule has 1 aliphatic rings. The molecule has 2 aromatic heterocycles. The van der Waals surface area contributed by atoms with Gasteiger partial charge in [-0.2, -0.15) is 0 Å². The van der Waals surface area contributed by atoms with Gasteiger partial charge in [0.15, 0.2) is 0 Å². The van der Waals surface area contributed by atoms with Crippen LogP contribution in [0.3, 0.4) is 0 Å². The van der Waals surface area contributed by atoms with Crippen LogP contribution in [-0.2, 0) is 17.6 Å². The van der Waals surface area contributed by atoms with Crippen molar-refractivity contribution in [2.45, 2.75) is 25.3 Å². The number of hydrogen-bond donors (Lipinski definition) is 1. The Kier molecular flexibility index (Phi) is 4.84. The smallest absolute Gasteiger partial charge is 0.309 e. The van der Waals surface area contributed by atoms with E-state index in [9.17, 15) is 9.59 Å². The molecule has 28 heavy (non-hydrogen) atoms. The van der Waals surface area contributed by atoms with Crippen LogP contribution in [0, 0.1) is 0 Å². The lowest BCUT2D eigenvalue weighted by atomic mass is 10.1. The Labute approximate surface area is 161 Å². The quantitative estimate of drug-likeness (QED) is 0.743. The van der Waals surface area contributed by atoms with Crippen LogP contribution in [0.4, 0.5) is 5.82 Å². The Morgan fingerprint density at radius 1 is 1.21 bits per heavy atom. The van der Waals surface area contributed by atoms with Crippen LogP contribution >= 0.6 is 0 Å². The number of rotatable bonds is 4. The fourth-order valence-electron chi connectivity index (χ4n) is 3.23. The van der Waals surface area contributed by atoms with Gasteiger partial charge >= 0.3 is 11.8 Å². The predicted molar refractivity (Wildman–Crippen MR) is 101 cm³/mol. The maximum Gasteiger partial charge on any atom is 0.309 e. The average molecular weight is 377 g/mol. The van der Waals surface area contributed by atoms with Crippen molar-refractivity contribution in [3.8, 4) is 0 Å². The molecule has 1 N–H and O–H groups in total. The van der Waals surface area contributed by atoms with Gasteiger partial charge in [0.05, 0.1) is 6.42 Å². The largest absolute Gasteiger partial charge is 0.417 e. The lowest BCUT2D eigenvalue weighted by Crippen LogP contribution is -2.47. The van der Waals surface area contributed by atoms with Crippen molar-refractivity contribution in [3.63, 3.8) is 0 Å². The number of benzene rings is 1. The molecule has 3 aromatic rings. The maximum atomic E-state index is 12.7. The van der Waals surface area contributed by atoms with E-state index in [0.717, 1.165) is 11.1 Å². The Hall–Kier alpha value is -3.55. The third-order valence-corrected chi connectivity index (χ3v) is 4.68. The zero-order chi connectivity index (χ0) is 19.5. The second-order valence-electron chi connectivity index (χ2n) is 6.61. The molecule has 0 unspecified atom stereocenters. The number of anilines is 1. The number of hydrogen-bond acceptors (Lipinski definition) is 6. The van der Waals surface area contributed by atoms with Crippen LogP contribution in [0.15, 0.2) is 53.1 Å². The van der Waals surface area contributed by atoms with E-state index in [4.69, 9.17) is 4.42 Å². The van der Waals surface area contributed by atoms with E-state index in [1.807, 2.05) is 42.5 Å². The summed E-state index contributed by atoms with van der Waals surface area (Å²) in [6.45, 7) is 0. The molecule has 0 fully saturated rings. The monoisotopic (exact) mass is 377 g/mol. The highest BCUT2D eigenvalue weighted by Crippen LogP contribution is 2.23. The molecule has 0 radical (unpaired) electrons. The first-order valence-electron chi connectivity index (χ1n) is 9.00. The van der Waals surface area contributed by atoms with Gasteiger partial charge in [-0.3, -0.25) is 14.5 Å². The summed E-state index contributed by atoms with van der Waals surface area (Å²) in [5.41, 5.74) is 1.97. The van der Waals surface area contributed by atoms with Crippen molar-refractivity contribution in [2.24, 2.45) is 0 Å². The number of nitrogens with zero attached hydrogens (tertiary/aromatic N) is 4. The van der Waals surface area contributed by atoms with Gasteiger partial charge in [-0.1, -0.05) is 36.4 Å². The number of fused-ring (bicyclic) bond motifs is 1. The molecule has 2 amide bonds. The van der Waals surface area contributed by atoms with Gasteiger partial charge in [0.2, 0.25) is 11.8 Å². The zero-order valence-electron chi connectivity index (χ0n) is 15.3. The minimum absolute atomic E-state index is 0.152. The number of amides is 2. The third-order valence-electron chi connectivity index (χ3n) is 4.68. The molecule has 1 aromatic carbocycles. The van der Waals surface area contributed by atoms with E-state index >= 15 is 0 Å². The highest BCUT2D eigenvalue weighted by molar-refractivity contribution is 6.01. The summed E-state index contributed by atoms with van der Waals surface area (Å²) in [7, 11) is 1.66. The number of pyridine rings is 1. The minimum atomic E-state index is -0.684. The first-order valence-corrected chi connectivity index (χ1v) is 9.00. The van der Waals surface area contributed by atoms with Gasteiger partial charge in [0.25, 0.3) is 0 Å². The number of likely N-dealkylation sites (N-methyl/N-ethyl adjacent to an activating group) is 1. The molecular formula is C20H19N5O3. The molecule has 0 spiro atoms. The van der Waals surface area contributed by atoms with Gasteiger partial charge in [-0.15, -0.1) is 10.2 Å². The summed E-state index contributed by atoms with van der Waals surface area (Å²) in [6, 6.07) is 12.7. The van der Waals surface area contributed by atoms with Crippen LogP contribution in [0.5, 0.6) is 0 Å². The number of nitrogens with one attached hydrogen (secondary N) is 1. The van der Waals surface area contributed by atoms with E-state index in [1.165, 1.54) is 4.90 Å². The maximum absolute atomic E-state index is 12.7. The van der Waals surface area contributed by atoms with Crippen molar-refractivity contribution in [3.05, 3.63) is 71.6 Å². The van der Waals surface area contributed by atoms with Gasteiger partial charge < -0.3 is 9.73 Å². The Balaban J connectivity index is 1.45. The highest BCUT2D eigenvalue weighted by Gasteiger charge is 2.31. The van der Waals surface area contributed by atoms with Crippen LogP contribution in [-0.4, -0.2) is 40.1 Å². The summed E-state index contributed by atoms with van der Waals surface area (Å²) in [6.07, 6.45) is 3.19. The molecule has 142 valence electrons. The number of carbonyl (C=O) groups is 2. The number of carbonyl (C=O) groups excluding carboxylic acids is 2. The SMILES string of the molecule is CN1C(=O)[C@@H](NC(=O)c2nnc(Cc3ccccc3)o2)CCc2cccnc21. The molecule has 1 aliphatic heterocycles. The van der Waals surface area contributed by atoms with E-state index in [-0.39, 0.29) is 11.8 Å². The first-order chi connectivity index (χ1) is 13.6. The van der Waals surface area contributed by atoms with E-state index in [0.29, 0.717) is 31.0 Å². The van der Waals surface area contributed by atoms with E-state index in [1.54, 1.807) is 13.2 Å². The Morgan fingerprint density at radius 2 is 2.04 bits per heavy atom. The lowest BCUT2D eigenvalue weighted by molar-refractivity contribution is -0.120. The normalized spacial score (nSPS) is 16.4. The zero-order valence-corrected chi connectivity index (χ0v) is 15.3. The fraction of sp³-hybridized carbons (Fsp3) is 0.250. The van der Waals surface area contributed by atoms with E-state index < -0.39 is 11.9 Å². The molecule has 8 nitrogen and oxygen atoms in total. The van der Waals surface area contributed by atoms with Crippen molar-refractivity contribution >= 4 is 17.6 Å². The van der Waals surface area contributed by atoms with Crippen molar-refractivity contribution in [2.75, 3.05) is 11.9 Å². The van der Waals surface area contributed by atoms with Gasteiger partial charge in [-0.05, 0) is 30.0 Å². The van der Waals surface area contributed by atoms with E-state index in [2.05, 4.69) is 20.5 Å². The van der Waals surface area contributed by atoms with Crippen molar-refractivity contribution in [1.82, 2.24) is 20.5 Å². The molecule has 0 saturated heterocycles. The summed E-state index contributed by atoms with van der Waals surface area (Å²) in [5.74, 6) is 0.0259. The van der Waals surface area contributed by atoms with Gasteiger partial charge in [0, 0.05) is 13.2 Å². The summed E-state index contributed by atoms with van der Waals surface area (Å²) >= 11 is 0. The third kappa shape index (κ3) is 3.62. The standard InChI is InChI=1S/C20H19N5O3/c1-25-17-14(8-5-11-21-17)9-10-15(20(25)27)22-18(26)19-24-23-16(28-19)12-13-6-3-2-4-7-13/h2-8,11,15H,9-10,12H2,1H3,(H,22,26)/t15-/m0/s1. The van der Waals surface area contributed by atoms with Crippen LogP contribution in [0.2, 0.25) is 0 Å². The molecule has 1 atom stereocenters. The average Bonchev–Trinajstić information content (AvgIpc) is 3.15. The van der Waals surface area contributed by atoms with Crippen molar-refractivity contribution in [1.29, 1.82) is 0 Å². The Morgan fingerprint density at radius 3 is 2.86 bits per heavy atom. The predicted octanol–water partition coefficient (Wildman–Crippen LogP) is 1.76. The van der Waals surface area contributed by atoms with Crippen LogP contribution in [0.1, 0.15) is 34.1 Å². The molecule has 8 heteroatoms. The highest BCUT2D eigenvalue weighted by atomic mass is 16.4. The Bertz CT molecular complexity index is 1000. The summed E-state index contributed by atoms with van der Waals surface area (Å²) in [4.78, 5) is 31.0. The summed E-state index contributed by atoms with van der Waals surface area (Å²) < 4.78 is 5.47. The van der Waals surface area contributed by atoms with Gasteiger partial charge in [-0.25, -0.2) is 4.98 Å². The minimum Gasteiger partial charge on any atom is -0.417 e. The second kappa shape index (κ2) is 7.59. The summed E-state index contributed by atoms with van der Waals surface area (Å²) in [5, 5.41) is 10.5. The second-order valence-corrected chi connectivity index (χ2v) is 6.61. The molecule has 3 heterocycles. The molecule has 0 saturated carbocycles. The van der Waals surface area contributed by atoms with Crippen LogP contribution < -0.4 is 10.2 Å². The fourth-order valence-corrected chi connectivity index (χ4v) is 3.23. The van der Waals surface area contributed by atoms with Crippen LogP contribution in [0.25, 0.3) is 0 Å².